The maximum atomic E-state index is 11.5. The van der Waals surface area contributed by atoms with E-state index < -0.39 is 5.91 Å². The molecule has 0 aliphatic heterocycles. The minimum atomic E-state index is -0.444. The van der Waals surface area contributed by atoms with Crippen LogP contribution in [-0.2, 0) is 4.84 Å². The van der Waals surface area contributed by atoms with Gasteiger partial charge in [0, 0.05) is 7.05 Å². The van der Waals surface area contributed by atoms with Gasteiger partial charge >= 0.3 is 0 Å². The second-order valence-electron chi connectivity index (χ2n) is 2.45. The Balaban J connectivity index is 3.06. The van der Waals surface area contributed by atoms with E-state index in [1.54, 1.807) is 0 Å². The van der Waals surface area contributed by atoms with Gasteiger partial charge < -0.3 is 0 Å². The van der Waals surface area contributed by atoms with E-state index in [-0.39, 0.29) is 15.9 Å². The normalized spacial score (nSPS) is 10.0. The zero-order chi connectivity index (χ0) is 10.7. The van der Waals surface area contributed by atoms with Crippen LogP contribution in [0.2, 0.25) is 10.2 Å². The number of pyridine rings is 1. The lowest BCUT2D eigenvalue weighted by Gasteiger charge is -2.13. The lowest BCUT2D eigenvalue weighted by molar-refractivity contribution is -0.0760. The highest BCUT2D eigenvalue weighted by Gasteiger charge is 2.16. The number of aromatic nitrogens is 1. The van der Waals surface area contributed by atoms with Crippen molar-refractivity contribution in [1.82, 2.24) is 10.0 Å². The summed E-state index contributed by atoms with van der Waals surface area (Å²) in [5.74, 6) is -0.444. The molecule has 0 aliphatic rings. The van der Waals surface area contributed by atoms with Crippen molar-refractivity contribution in [3.05, 3.63) is 28.0 Å². The van der Waals surface area contributed by atoms with Gasteiger partial charge in [0.15, 0.2) is 5.69 Å². The summed E-state index contributed by atoms with van der Waals surface area (Å²) < 4.78 is 0. The van der Waals surface area contributed by atoms with Crippen molar-refractivity contribution in [2.75, 3.05) is 14.2 Å². The largest absolute Gasteiger partial charge is 0.297 e. The molecule has 0 saturated heterocycles. The summed E-state index contributed by atoms with van der Waals surface area (Å²) in [6.07, 6.45) is 0. The van der Waals surface area contributed by atoms with Crippen molar-refractivity contribution in [1.29, 1.82) is 0 Å². The van der Waals surface area contributed by atoms with E-state index in [1.165, 1.54) is 26.3 Å². The second kappa shape index (κ2) is 4.59. The molecular weight excluding hydrogens is 227 g/mol. The number of halogens is 2. The Morgan fingerprint density at radius 1 is 1.50 bits per heavy atom. The molecule has 1 aromatic rings. The molecule has 0 fully saturated rings. The third kappa shape index (κ3) is 2.35. The fraction of sp³-hybridized carbons (Fsp3) is 0.250. The molecule has 0 radical (unpaired) electrons. The van der Waals surface area contributed by atoms with E-state index in [9.17, 15) is 4.79 Å². The zero-order valence-electron chi connectivity index (χ0n) is 7.62. The van der Waals surface area contributed by atoms with Crippen LogP contribution in [-0.4, -0.2) is 30.1 Å². The Labute approximate surface area is 91.3 Å². The van der Waals surface area contributed by atoms with Gasteiger partial charge in [-0.15, -0.1) is 0 Å². The standard InChI is InChI=1S/C8H8Cl2N2O2/c1-12(14-2)8(13)7-5(9)3-4-6(10)11-7/h3-4H,1-2H3. The minimum absolute atomic E-state index is 0.0727. The molecule has 0 bridgehead atoms. The van der Waals surface area contributed by atoms with Gasteiger partial charge in [0.05, 0.1) is 12.1 Å². The molecule has 1 heterocycles. The molecule has 0 unspecified atom stereocenters. The Bertz CT molecular complexity index is 357. The molecule has 0 atom stereocenters. The maximum absolute atomic E-state index is 11.5. The fourth-order valence-corrected chi connectivity index (χ4v) is 1.13. The molecule has 76 valence electrons. The highest BCUT2D eigenvalue weighted by molar-refractivity contribution is 6.34. The number of nitrogens with zero attached hydrogens (tertiary/aromatic N) is 2. The van der Waals surface area contributed by atoms with Crippen molar-refractivity contribution >= 4 is 29.1 Å². The monoisotopic (exact) mass is 234 g/mol. The number of hydrogen-bond donors (Lipinski definition) is 0. The van der Waals surface area contributed by atoms with E-state index in [1.807, 2.05) is 0 Å². The Hall–Kier alpha value is -0.840. The van der Waals surface area contributed by atoms with E-state index in [2.05, 4.69) is 4.98 Å². The van der Waals surface area contributed by atoms with E-state index >= 15 is 0 Å². The number of hydrogen-bond acceptors (Lipinski definition) is 3. The molecule has 0 aromatic carbocycles. The van der Waals surface area contributed by atoms with Gasteiger partial charge in [-0.1, -0.05) is 23.2 Å². The topological polar surface area (TPSA) is 42.4 Å². The summed E-state index contributed by atoms with van der Waals surface area (Å²) in [5, 5.41) is 1.47. The molecule has 14 heavy (non-hydrogen) atoms. The highest BCUT2D eigenvalue weighted by atomic mass is 35.5. The van der Waals surface area contributed by atoms with Crippen LogP contribution in [0.4, 0.5) is 0 Å². The van der Waals surface area contributed by atoms with Crippen molar-refractivity contribution in [3.63, 3.8) is 0 Å². The van der Waals surface area contributed by atoms with Crippen LogP contribution in [0.25, 0.3) is 0 Å². The molecule has 6 heteroatoms. The summed E-state index contributed by atoms with van der Waals surface area (Å²) in [5.41, 5.74) is 0.0727. The third-order valence-electron chi connectivity index (χ3n) is 1.57. The first-order valence-corrected chi connectivity index (χ1v) is 4.46. The average molecular weight is 235 g/mol. The molecule has 0 aliphatic carbocycles. The maximum Gasteiger partial charge on any atom is 0.297 e. The molecule has 4 nitrogen and oxygen atoms in total. The van der Waals surface area contributed by atoms with Gasteiger partial charge in [0.1, 0.15) is 5.15 Å². The summed E-state index contributed by atoms with van der Waals surface area (Å²) in [6, 6.07) is 3.01. The third-order valence-corrected chi connectivity index (χ3v) is 2.09. The second-order valence-corrected chi connectivity index (χ2v) is 3.24. The van der Waals surface area contributed by atoms with Gasteiger partial charge in [0.2, 0.25) is 0 Å². The molecule has 0 spiro atoms. The van der Waals surface area contributed by atoms with Gasteiger partial charge in [-0.25, -0.2) is 10.0 Å². The Morgan fingerprint density at radius 2 is 2.14 bits per heavy atom. The Morgan fingerprint density at radius 3 is 2.71 bits per heavy atom. The molecule has 1 rings (SSSR count). The molecule has 0 N–H and O–H groups in total. The predicted molar refractivity (Wildman–Crippen MR) is 53.4 cm³/mol. The highest BCUT2D eigenvalue weighted by Crippen LogP contribution is 2.17. The first-order valence-electron chi connectivity index (χ1n) is 3.70. The van der Waals surface area contributed by atoms with E-state index in [0.29, 0.717) is 0 Å². The number of carbonyl (C=O) groups excluding carboxylic acids is 1. The lowest BCUT2D eigenvalue weighted by atomic mass is 10.3. The van der Waals surface area contributed by atoms with Crippen molar-refractivity contribution < 1.29 is 9.63 Å². The smallest absolute Gasteiger partial charge is 0.274 e. The number of carbonyl (C=O) groups is 1. The van der Waals surface area contributed by atoms with E-state index in [0.717, 1.165) is 5.06 Å². The van der Waals surface area contributed by atoms with Crippen LogP contribution < -0.4 is 0 Å². The lowest BCUT2D eigenvalue weighted by Crippen LogP contribution is -2.26. The van der Waals surface area contributed by atoms with Crippen LogP contribution in [0, 0.1) is 0 Å². The fourth-order valence-electron chi connectivity index (χ4n) is 0.800. The molecule has 1 amide bonds. The van der Waals surface area contributed by atoms with Crippen LogP contribution >= 0.6 is 23.2 Å². The number of amides is 1. The van der Waals surface area contributed by atoms with Crippen LogP contribution in [0.5, 0.6) is 0 Å². The summed E-state index contributed by atoms with van der Waals surface area (Å²) >= 11 is 11.4. The Kier molecular flexibility index (Phi) is 3.69. The first-order chi connectivity index (χ1) is 6.56. The summed E-state index contributed by atoms with van der Waals surface area (Å²) in [6.45, 7) is 0. The van der Waals surface area contributed by atoms with Gasteiger partial charge in [-0.2, -0.15) is 0 Å². The number of rotatable bonds is 2. The average Bonchev–Trinajstić information content (AvgIpc) is 2.19. The minimum Gasteiger partial charge on any atom is -0.274 e. The molecular formula is C8H8Cl2N2O2. The molecule has 1 aromatic heterocycles. The predicted octanol–water partition coefficient (Wildman–Crippen LogP) is 2.02. The van der Waals surface area contributed by atoms with Crippen LogP contribution in [0.15, 0.2) is 12.1 Å². The van der Waals surface area contributed by atoms with Gasteiger partial charge in [-0.3, -0.25) is 9.63 Å². The molecule has 0 saturated carbocycles. The number of hydroxylamine groups is 2. The van der Waals surface area contributed by atoms with Gasteiger partial charge in [0.25, 0.3) is 5.91 Å². The van der Waals surface area contributed by atoms with Crippen molar-refractivity contribution in [2.24, 2.45) is 0 Å². The van der Waals surface area contributed by atoms with Crippen molar-refractivity contribution in [3.8, 4) is 0 Å². The van der Waals surface area contributed by atoms with E-state index in [4.69, 9.17) is 28.0 Å². The SMILES string of the molecule is CON(C)C(=O)c1nc(Cl)ccc1Cl. The van der Waals surface area contributed by atoms with Crippen LogP contribution in [0.3, 0.4) is 0 Å². The van der Waals surface area contributed by atoms with Crippen molar-refractivity contribution in [2.45, 2.75) is 0 Å². The zero-order valence-corrected chi connectivity index (χ0v) is 9.13. The first kappa shape index (κ1) is 11.2. The summed E-state index contributed by atoms with van der Waals surface area (Å²) in [4.78, 5) is 20.1. The van der Waals surface area contributed by atoms with Gasteiger partial charge in [-0.05, 0) is 12.1 Å². The quantitative estimate of drug-likeness (QED) is 0.581. The summed E-state index contributed by atoms with van der Waals surface area (Å²) in [7, 11) is 2.83. The van der Waals surface area contributed by atoms with Crippen LogP contribution in [0.1, 0.15) is 10.5 Å².